The lowest BCUT2D eigenvalue weighted by Gasteiger charge is -2.32. The van der Waals surface area contributed by atoms with E-state index in [-0.39, 0.29) is 0 Å². The summed E-state index contributed by atoms with van der Waals surface area (Å²) in [5, 5.41) is 6.35. The molecule has 2 nitrogen and oxygen atoms in total. The number of hydrogen-bond acceptors (Lipinski definition) is 2. The summed E-state index contributed by atoms with van der Waals surface area (Å²) in [5.41, 5.74) is 2.73. The number of rotatable bonds is 0. The van der Waals surface area contributed by atoms with Crippen molar-refractivity contribution in [3.63, 3.8) is 0 Å². The molecule has 0 spiro atoms. The lowest BCUT2D eigenvalue weighted by Crippen LogP contribution is -2.42. The van der Waals surface area contributed by atoms with Crippen molar-refractivity contribution in [2.45, 2.75) is 19.9 Å². The molecule has 1 atom stereocenters. The molecule has 0 N–H and O–H groups in total. The van der Waals surface area contributed by atoms with Gasteiger partial charge in [-0.2, -0.15) is 5.10 Å². The van der Waals surface area contributed by atoms with Crippen LogP contribution >= 0.6 is 0 Å². The van der Waals surface area contributed by atoms with Crippen LogP contribution in [0, 0.1) is 0 Å². The predicted octanol–water partition coefficient (Wildman–Crippen LogP) is 1.01. The highest BCUT2D eigenvalue weighted by atomic mass is 15.5. The standard InChI is InChI=1S/C7H10N2/c1-5-3-4-9-7(5)6(2)8-9/h3,7H,4H2,1-2H3. The van der Waals surface area contributed by atoms with E-state index in [1.165, 1.54) is 11.3 Å². The van der Waals surface area contributed by atoms with Crippen LogP contribution in [0.3, 0.4) is 0 Å². The quantitative estimate of drug-likeness (QED) is 0.438. The summed E-state index contributed by atoms with van der Waals surface area (Å²) in [4.78, 5) is 0. The average molecular weight is 122 g/mol. The largest absolute Gasteiger partial charge is 0.280 e. The third kappa shape index (κ3) is 0.479. The molecule has 0 radical (unpaired) electrons. The molecule has 48 valence electrons. The van der Waals surface area contributed by atoms with E-state index in [4.69, 9.17) is 0 Å². The summed E-state index contributed by atoms with van der Waals surface area (Å²) in [6.45, 7) is 5.28. The van der Waals surface area contributed by atoms with E-state index in [2.05, 4.69) is 30.0 Å². The van der Waals surface area contributed by atoms with Crippen LogP contribution in [0.1, 0.15) is 13.8 Å². The van der Waals surface area contributed by atoms with E-state index in [9.17, 15) is 0 Å². The number of hydrogen-bond donors (Lipinski definition) is 0. The Morgan fingerprint density at radius 2 is 2.44 bits per heavy atom. The Hall–Kier alpha value is -0.790. The van der Waals surface area contributed by atoms with Gasteiger partial charge in [-0.25, -0.2) is 0 Å². The third-order valence-electron chi connectivity index (χ3n) is 2.01. The number of nitrogens with zero attached hydrogens (tertiary/aromatic N) is 2. The summed E-state index contributed by atoms with van der Waals surface area (Å²) in [7, 11) is 0. The molecule has 0 saturated carbocycles. The third-order valence-corrected chi connectivity index (χ3v) is 2.01. The van der Waals surface area contributed by atoms with Crippen molar-refractivity contribution in [2.24, 2.45) is 5.10 Å². The Balaban J connectivity index is 2.29. The molecule has 0 amide bonds. The van der Waals surface area contributed by atoms with Crippen molar-refractivity contribution in [2.75, 3.05) is 6.54 Å². The molecule has 0 aromatic rings. The van der Waals surface area contributed by atoms with E-state index in [0.717, 1.165) is 6.54 Å². The van der Waals surface area contributed by atoms with E-state index in [1.54, 1.807) is 0 Å². The highest BCUT2D eigenvalue weighted by molar-refractivity contribution is 5.94. The average Bonchev–Trinajstić information content (AvgIpc) is 2.04. The van der Waals surface area contributed by atoms with Gasteiger partial charge in [-0.05, 0) is 19.4 Å². The van der Waals surface area contributed by atoms with Crippen molar-refractivity contribution in [3.8, 4) is 0 Å². The van der Waals surface area contributed by atoms with Gasteiger partial charge in [0, 0.05) is 0 Å². The molecule has 0 saturated heterocycles. The fraction of sp³-hybridized carbons (Fsp3) is 0.571. The second kappa shape index (κ2) is 1.38. The minimum Gasteiger partial charge on any atom is -0.280 e. The first-order valence-electron chi connectivity index (χ1n) is 3.27. The molecule has 9 heavy (non-hydrogen) atoms. The maximum atomic E-state index is 4.23. The van der Waals surface area contributed by atoms with Gasteiger partial charge < -0.3 is 0 Å². The number of fused-ring (bicyclic) bond motifs is 1. The predicted molar refractivity (Wildman–Crippen MR) is 37.4 cm³/mol. The first-order valence-corrected chi connectivity index (χ1v) is 3.27. The van der Waals surface area contributed by atoms with Crippen LogP contribution in [-0.2, 0) is 0 Å². The molecule has 2 aliphatic rings. The van der Waals surface area contributed by atoms with E-state index >= 15 is 0 Å². The summed E-state index contributed by atoms with van der Waals surface area (Å²) in [6, 6.07) is 0.574. The molecule has 2 heteroatoms. The van der Waals surface area contributed by atoms with Crippen LogP contribution < -0.4 is 0 Å². The molecular formula is C7H10N2. The highest BCUT2D eigenvalue weighted by Gasteiger charge is 2.33. The minimum absolute atomic E-state index is 0.574. The Labute approximate surface area is 54.9 Å². The van der Waals surface area contributed by atoms with Gasteiger partial charge >= 0.3 is 0 Å². The fourth-order valence-electron chi connectivity index (χ4n) is 1.53. The van der Waals surface area contributed by atoms with Gasteiger partial charge in [-0.1, -0.05) is 6.08 Å². The van der Waals surface area contributed by atoms with Crippen LogP contribution in [0.2, 0.25) is 0 Å². The molecule has 0 aliphatic carbocycles. The fourth-order valence-corrected chi connectivity index (χ4v) is 1.53. The van der Waals surface area contributed by atoms with Gasteiger partial charge in [-0.15, -0.1) is 0 Å². The van der Waals surface area contributed by atoms with Crippen molar-refractivity contribution in [3.05, 3.63) is 11.6 Å². The lowest BCUT2D eigenvalue weighted by molar-refractivity contribution is 0.283. The Morgan fingerprint density at radius 1 is 1.67 bits per heavy atom. The molecule has 0 aromatic carbocycles. The number of hydrazone groups is 1. The molecule has 2 rings (SSSR count). The van der Waals surface area contributed by atoms with Crippen molar-refractivity contribution >= 4 is 5.71 Å². The summed E-state index contributed by atoms with van der Waals surface area (Å²) < 4.78 is 0. The highest BCUT2D eigenvalue weighted by Crippen LogP contribution is 2.26. The Kier molecular flexibility index (Phi) is 0.770. The van der Waals surface area contributed by atoms with Crippen molar-refractivity contribution in [1.82, 2.24) is 5.01 Å². The van der Waals surface area contributed by atoms with E-state index in [0.29, 0.717) is 6.04 Å². The monoisotopic (exact) mass is 122 g/mol. The van der Waals surface area contributed by atoms with Gasteiger partial charge in [0.25, 0.3) is 0 Å². The maximum absolute atomic E-state index is 4.23. The Bertz CT molecular complexity index is 203. The van der Waals surface area contributed by atoms with E-state index in [1.807, 2.05) is 0 Å². The van der Waals surface area contributed by atoms with Crippen LogP contribution in [0.5, 0.6) is 0 Å². The smallest absolute Gasteiger partial charge is 0.108 e. The van der Waals surface area contributed by atoms with E-state index < -0.39 is 0 Å². The zero-order valence-electron chi connectivity index (χ0n) is 5.76. The van der Waals surface area contributed by atoms with Gasteiger partial charge in [-0.3, -0.25) is 5.01 Å². The molecule has 0 aromatic heterocycles. The first-order chi connectivity index (χ1) is 4.29. The molecule has 2 aliphatic heterocycles. The Morgan fingerprint density at radius 3 is 2.89 bits per heavy atom. The molecule has 1 unspecified atom stereocenters. The maximum Gasteiger partial charge on any atom is 0.108 e. The van der Waals surface area contributed by atoms with Crippen LogP contribution in [0.25, 0.3) is 0 Å². The van der Waals surface area contributed by atoms with Crippen LogP contribution in [-0.4, -0.2) is 23.3 Å². The molecule has 2 heterocycles. The zero-order valence-corrected chi connectivity index (χ0v) is 5.76. The van der Waals surface area contributed by atoms with Crippen LogP contribution in [0.4, 0.5) is 0 Å². The molecule has 0 bridgehead atoms. The normalized spacial score (nSPS) is 30.9. The topological polar surface area (TPSA) is 15.6 Å². The minimum atomic E-state index is 0.574. The van der Waals surface area contributed by atoms with Gasteiger partial charge in [0.1, 0.15) is 6.04 Å². The van der Waals surface area contributed by atoms with Gasteiger partial charge in [0.15, 0.2) is 0 Å². The second-order valence-corrected chi connectivity index (χ2v) is 2.71. The van der Waals surface area contributed by atoms with Crippen LogP contribution in [0.15, 0.2) is 16.8 Å². The second-order valence-electron chi connectivity index (χ2n) is 2.71. The summed E-state index contributed by atoms with van der Waals surface area (Å²) in [5.74, 6) is 0. The first kappa shape index (κ1) is 5.03. The van der Waals surface area contributed by atoms with Gasteiger partial charge in [0.2, 0.25) is 0 Å². The van der Waals surface area contributed by atoms with Gasteiger partial charge in [0.05, 0.1) is 12.3 Å². The summed E-state index contributed by atoms with van der Waals surface area (Å²) in [6.07, 6.45) is 2.24. The lowest BCUT2D eigenvalue weighted by atomic mass is 10.1. The zero-order chi connectivity index (χ0) is 6.43. The summed E-state index contributed by atoms with van der Waals surface area (Å²) >= 11 is 0. The molecular weight excluding hydrogens is 112 g/mol. The molecule has 0 fully saturated rings. The van der Waals surface area contributed by atoms with Crippen molar-refractivity contribution < 1.29 is 0 Å². The van der Waals surface area contributed by atoms with Crippen molar-refractivity contribution in [1.29, 1.82) is 0 Å². The SMILES string of the molecule is CC1=CCN2N=C(C)C12.